The van der Waals surface area contributed by atoms with Crippen LogP contribution in [0.5, 0.6) is 0 Å². The Labute approximate surface area is 242 Å². The number of carbonyl (C=O) groups is 3. The first kappa shape index (κ1) is 25.9. The summed E-state index contributed by atoms with van der Waals surface area (Å²) in [5.74, 6) is -0.848. The second-order valence-corrected chi connectivity index (χ2v) is 12.4. The Bertz CT molecular complexity index is 1960. The van der Waals surface area contributed by atoms with E-state index in [0.29, 0.717) is 35.3 Å². The molecule has 0 aliphatic carbocycles. The fraction of sp³-hybridized carbons (Fsp3) is 0.121. The van der Waals surface area contributed by atoms with E-state index in [1.807, 2.05) is 42.5 Å². The molecule has 0 atom stereocenters. The molecule has 0 unspecified atom stereocenters. The van der Waals surface area contributed by atoms with Gasteiger partial charge in [0.2, 0.25) is 0 Å². The van der Waals surface area contributed by atoms with Crippen LogP contribution in [0, 0.1) is 5.92 Å². The molecule has 0 spiro atoms. The molecule has 1 fully saturated rings. The van der Waals surface area contributed by atoms with Gasteiger partial charge in [0.05, 0.1) is 21.5 Å². The Morgan fingerprint density at radius 1 is 0.714 bits per heavy atom. The molecule has 1 aromatic heterocycles. The zero-order valence-electron chi connectivity index (χ0n) is 22.4. The topological polar surface area (TPSA) is 96.8 Å². The molecule has 8 nitrogen and oxygen atoms in total. The summed E-state index contributed by atoms with van der Waals surface area (Å²) < 4.78 is 28.7. The number of carbonyl (C=O) groups excluding carboxylic acids is 3. The first-order valence-corrected chi connectivity index (χ1v) is 15.0. The van der Waals surface area contributed by atoms with Gasteiger partial charge in [-0.3, -0.25) is 19.3 Å². The molecular weight excluding hydrogens is 550 g/mol. The molecule has 7 rings (SSSR count). The van der Waals surface area contributed by atoms with Gasteiger partial charge in [0.1, 0.15) is 0 Å². The molecule has 42 heavy (non-hydrogen) atoms. The number of fused-ring (bicyclic) bond motifs is 2. The number of amides is 3. The lowest BCUT2D eigenvalue weighted by Crippen LogP contribution is -2.54. The first-order valence-electron chi connectivity index (χ1n) is 13.6. The highest BCUT2D eigenvalue weighted by atomic mass is 32.2. The van der Waals surface area contributed by atoms with E-state index in [4.69, 9.17) is 0 Å². The zero-order valence-corrected chi connectivity index (χ0v) is 23.2. The molecule has 2 aliphatic rings. The highest BCUT2D eigenvalue weighted by molar-refractivity contribution is 7.90. The van der Waals surface area contributed by atoms with Gasteiger partial charge in [-0.05, 0) is 48.0 Å². The lowest BCUT2D eigenvalue weighted by molar-refractivity contribution is 0.0383. The molecule has 5 aromatic rings. The zero-order chi connectivity index (χ0) is 29.0. The summed E-state index contributed by atoms with van der Waals surface area (Å²) >= 11 is 0. The number of nitrogens with zero attached hydrogens (tertiary/aromatic N) is 3. The summed E-state index contributed by atoms with van der Waals surface area (Å²) in [6, 6.07) is 29.7. The van der Waals surface area contributed by atoms with Crippen molar-refractivity contribution in [2.75, 3.05) is 19.6 Å². The van der Waals surface area contributed by atoms with Gasteiger partial charge in [0.15, 0.2) is 0 Å². The van der Waals surface area contributed by atoms with Crippen molar-refractivity contribution < 1.29 is 22.8 Å². The number of para-hydroxylation sites is 1. The average molecular weight is 576 g/mol. The summed E-state index contributed by atoms with van der Waals surface area (Å²) in [7, 11) is -3.94. The van der Waals surface area contributed by atoms with E-state index in [1.54, 1.807) is 47.5 Å². The number of aromatic nitrogens is 1. The van der Waals surface area contributed by atoms with E-state index >= 15 is 0 Å². The van der Waals surface area contributed by atoms with Crippen molar-refractivity contribution >= 4 is 38.6 Å². The van der Waals surface area contributed by atoms with Gasteiger partial charge in [0, 0.05) is 48.3 Å². The molecule has 1 saturated heterocycles. The van der Waals surface area contributed by atoms with Crippen molar-refractivity contribution in [3.63, 3.8) is 0 Å². The van der Waals surface area contributed by atoms with Crippen molar-refractivity contribution in [1.82, 2.24) is 13.8 Å². The Hall–Kier alpha value is -5.02. The number of benzene rings is 4. The quantitative estimate of drug-likeness (QED) is 0.268. The minimum absolute atomic E-state index is 0.0170. The van der Waals surface area contributed by atoms with E-state index < -0.39 is 10.0 Å². The average Bonchev–Trinajstić information content (AvgIpc) is 3.51. The van der Waals surface area contributed by atoms with Crippen LogP contribution < -0.4 is 0 Å². The Balaban J connectivity index is 1.06. The van der Waals surface area contributed by atoms with E-state index in [-0.39, 0.29) is 35.1 Å². The molecule has 0 N–H and O–H groups in total. The maximum atomic E-state index is 13.7. The third-order valence-electron chi connectivity index (χ3n) is 7.98. The first-order chi connectivity index (χ1) is 20.3. The van der Waals surface area contributed by atoms with Crippen LogP contribution in [-0.2, 0) is 10.0 Å². The van der Waals surface area contributed by atoms with E-state index in [1.165, 1.54) is 33.1 Å². The van der Waals surface area contributed by atoms with Crippen LogP contribution in [-0.4, -0.2) is 59.5 Å². The van der Waals surface area contributed by atoms with Gasteiger partial charge in [-0.25, -0.2) is 12.4 Å². The lowest BCUT2D eigenvalue weighted by atomic mass is 9.98. The third-order valence-corrected chi connectivity index (χ3v) is 9.67. The van der Waals surface area contributed by atoms with Gasteiger partial charge in [-0.1, -0.05) is 60.7 Å². The number of hydrogen-bond donors (Lipinski definition) is 0. The smallest absolute Gasteiger partial charge is 0.268 e. The van der Waals surface area contributed by atoms with Gasteiger partial charge in [0.25, 0.3) is 27.7 Å². The van der Waals surface area contributed by atoms with Crippen LogP contribution in [0.4, 0.5) is 0 Å². The minimum atomic E-state index is -3.94. The molecule has 2 aliphatic heterocycles. The van der Waals surface area contributed by atoms with Crippen molar-refractivity contribution in [2.24, 2.45) is 5.92 Å². The second kappa shape index (κ2) is 9.81. The van der Waals surface area contributed by atoms with Gasteiger partial charge in [-0.2, -0.15) is 0 Å². The maximum Gasteiger partial charge on any atom is 0.268 e. The summed E-state index contributed by atoms with van der Waals surface area (Å²) in [5.41, 5.74) is 3.49. The molecule has 0 saturated carbocycles. The predicted molar refractivity (Wildman–Crippen MR) is 158 cm³/mol. The van der Waals surface area contributed by atoms with Crippen molar-refractivity contribution in [1.29, 1.82) is 0 Å². The van der Waals surface area contributed by atoms with Crippen LogP contribution in [0.15, 0.2) is 114 Å². The monoisotopic (exact) mass is 575 g/mol. The molecule has 3 heterocycles. The predicted octanol–water partition coefficient (Wildman–Crippen LogP) is 4.91. The van der Waals surface area contributed by atoms with E-state index in [9.17, 15) is 22.8 Å². The lowest BCUT2D eigenvalue weighted by Gasteiger charge is -2.40. The SMILES string of the molecule is O=C(c1ccc(S(=O)(=O)n2cc(-c3ccccc3)c3ccccc32)cc1)N1CC(CN2C(=O)c3ccccc3C2=O)C1. The molecule has 0 radical (unpaired) electrons. The van der Waals surface area contributed by atoms with Gasteiger partial charge >= 0.3 is 0 Å². The molecular formula is C33H25N3O5S. The van der Waals surface area contributed by atoms with Crippen molar-refractivity contribution in [3.8, 4) is 11.1 Å². The summed E-state index contributed by atoms with van der Waals surface area (Å²) in [6.07, 6.45) is 1.64. The fourth-order valence-corrected chi connectivity index (χ4v) is 7.15. The second-order valence-electron chi connectivity index (χ2n) is 10.6. The highest BCUT2D eigenvalue weighted by Gasteiger charge is 2.40. The van der Waals surface area contributed by atoms with Crippen LogP contribution in [0.2, 0.25) is 0 Å². The van der Waals surface area contributed by atoms with Crippen molar-refractivity contribution in [3.05, 3.63) is 126 Å². The molecule has 3 amide bonds. The standard InChI is InChI=1S/C33H25N3O5S/c37-31(34-18-22(19-34)20-35-32(38)27-11-4-5-12-28(27)33(35)39)24-14-16-25(17-15-24)42(40,41)36-21-29(23-8-2-1-3-9-23)26-10-6-7-13-30(26)36/h1-17,21-22H,18-20H2. The Kier molecular flexibility index (Phi) is 6.06. The van der Waals surface area contributed by atoms with Crippen molar-refractivity contribution in [2.45, 2.75) is 4.90 Å². The highest BCUT2D eigenvalue weighted by Crippen LogP contribution is 2.33. The largest absolute Gasteiger partial charge is 0.338 e. The van der Waals surface area contributed by atoms with E-state index in [2.05, 4.69) is 0 Å². The number of rotatable bonds is 6. The normalized spacial score (nSPS) is 15.2. The van der Waals surface area contributed by atoms with Gasteiger partial charge < -0.3 is 4.90 Å². The summed E-state index contributed by atoms with van der Waals surface area (Å²) in [4.78, 5) is 41.4. The number of hydrogen-bond acceptors (Lipinski definition) is 5. The minimum Gasteiger partial charge on any atom is -0.338 e. The third kappa shape index (κ3) is 4.12. The fourth-order valence-electron chi connectivity index (χ4n) is 5.78. The van der Waals surface area contributed by atoms with Crippen LogP contribution >= 0.6 is 0 Å². The van der Waals surface area contributed by atoms with Crippen LogP contribution in [0.1, 0.15) is 31.1 Å². The molecule has 4 aromatic carbocycles. The molecule has 208 valence electrons. The summed E-state index contributed by atoms with van der Waals surface area (Å²) in [5, 5.41) is 0.827. The number of likely N-dealkylation sites (tertiary alicyclic amines) is 1. The van der Waals surface area contributed by atoms with Gasteiger partial charge in [-0.15, -0.1) is 0 Å². The van der Waals surface area contributed by atoms with Crippen LogP contribution in [0.3, 0.4) is 0 Å². The molecule has 9 heteroatoms. The summed E-state index contributed by atoms with van der Waals surface area (Å²) in [6.45, 7) is 1.07. The Morgan fingerprint density at radius 3 is 1.98 bits per heavy atom. The Morgan fingerprint density at radius 2 is 1.31 bits per heavy atom. The van der Waals surface area contributed by atoms with Crippen LogP contribution in [0.25, 0.3) is 22.0 Å². The molecule has 0 bridgehead atoms. The van der Waals surface area contributed by atoms with E-state index in [0.717, 1.165) is 16.5 Å². The maximum absolute atomic E-state index is 13.7. The number of imide groups is 1.